The van der Waals surface area contributed by atoms with Gasteiger partial charge in [0.15, 0.2) is 0 Å². The lowest BCUT2D eigenvalue weighted by molar-refractivity contribution is -0.140. The second-order valence-corrected chi connectivity index (χ2v) is 8.56. The maximum atomic E-state index is 13.4. The molecule has 4 rings (SSSR count). The fourth-order valence-electron chi connectivity index (χ4n) is 4.21. The summed E-state index contributed by atoms with van der Waals surface area (Å²) < 4.78 is 24.1. The van der Waals surface area contributed by atoms with E-state index in [1.807, 2.05) is 25.1 Å². The molecule has 0 radical (unpaired) electrons. The molecule has 0 spiro atoms. The van der Waals surface area contributed by atoms with Crippen LogP contribution in [0.1, 0.15) is 28.3 Å². The van der Waals surface area contributed by atoms with Crippen LogP contribution in [0.15, 0.2) is 66.2 Å². The molecule has 1 unspecified atom stereocenters. The summed E-state index contributed by atoms with van der Waals surface area (Å²) >= 11 is 6.20. The first kappa shape index (κ1) is 24.3. The molecule has 1 atom stereocenters. The van der Waals surface area contributed by atoms with E-state index in [2.05, 4.69) is 0 Å². The number of hydrogen-bond acceptors (Lipinski definition) is 5. The fourth-order valence-corrected chi connectivity index (χ4v) is 4.44. The number of nitrogens with zero attached hydrogens (tertiary/aromatic N) is 1. The van der Waals surface area contributed by atoms with E-state index in [4.69, 9.17) is 21.1 Å². The highest BCUT2D eigenvalue weighted by atomic mass is 35.5. The second kappa shape index (κ2) is 9.80. The fraction of sp³-hybridized carbons (Fsp3) is 0.185. The van der Waals surface area contributed by atoms with Crippen molar-refractivity contribution in [2.45, 2.75) is 19.5 Å². The van der Waals surface area contributed by atoms with E-state index < -0.39 is 29.3 Å². The number of aliphatic hydroxyl groups is 1. The van der Waals surface area contributed by atoms with Crippen LogP contribution in [0.25, 0.3) is 5.76 Å². The minimum atomic E-state index is -0.883. The zero-order valence-corrected chi connectivity index (χ0v) is 20.1. The Morgan fingerprint density at radius 3 is 2.34 bits per heavy atom. The molecule has 1 fully saturated rings. The normalized spacial score (nSPS) is 17.1. The van der Waals surface area contributed by atoms with Crippen LogP contribution in [0.4, 0.5) is 4.39 Å². The summed E-state index contributed by atoms with van der Waals surface area (Å²) in [5.74, 6) is -1.96. The Kier molecular flexibility index (Phi) is 6.80. The third-order valence-corrected chi connectivity index (χ3v) is 6.19. The van der Waals surface area contributed by atoms with Crippen molar-refractivity contribution in [2.75, 3.05) is 14.2 Å². The molecule has 1 N–H and O–H groups in total. The minimum absolute atomic E-state index is 0.0430. The highest BCUT2D eigenvalue weighted by Gasteiger charge is 2.46. The Morgan fingerprint density at radius 1 is 1.03 bits per heavy atom. The molecule has 3 aromatic carbocycles. The average molecular weight is 496 g/mol. The van der Waals surface area contributed by atoms with E-state index in [1.54, 1.807) is 18.2 Å². The van der Waals surface area contributed by atoms with Crippen LogP contribution < -0.4 is 9.47 Å². The number of methoxy groups -OCH3 is 2. The Bertz CT molecular complexity index is 1340. The van der Waals surface area contributed by atoms with Crippen molar-refractivity contribution in [1.29, 1.82) is 0 Å². The van der Waals surface area contributed by atoms with Gasteiger partial charge < -0.3 is 19.5 Å². The van der Waals surface area contributed by atoms with Gasteiger partial charge >= 0.3 is 0 Å². The average Bonchev–Trinajstić information content (AvgIpc) is 3.09. The van der Waals surface area contributed by atoms with E-state index in [1.165, 1.54) is 43.4 Å². The molecule has 180 valence electrons. The van der Waals surface area contributed by atoms with Crippen molar-refractivity contribution in [1.82, 2.24) is 4.90 Å². The second-order valence-electron chi connectivity index (χ2n) is 8.15. The Balaban J connectivity index is 1.92. The number of ketones is 1. The molecule has 0 aromatic heterocycles. The number of carbonyl (C=O) groups excluding carboxylic acids is 2. The summed E-state index contributed by atoms with van der Waals surface area (Å²) in [7, 11) is 2.83. The zero-order valence-electron chi connectivity index (χ0n) is 19.3. The molecule has 1 heterocycles. The van der Waals surface area contributed by atoms with Gasteiger partial charge in [-0.3, -0.25) is 9.59 Å². The van der Waals surface area contributed by atoms with E-state index in [0.717, 1.165) is 5.56 Å². The molecule has 8 heteroatoms. The Labute approximate surface area is 207 Å². The predicted octanol–water partition coefficient (Wildman–Crippen LogP) is 5.43. The monoisotopic (exact) mass is 495 g/mol. The molecule has 0 bridgehead atoms. The first-order valence-corrected chi connectivity index (χ1v) is 11.1. The van der Waals surface area contributed by atoms with Crippen LogP contribution in [0.5, 0.6) is 11.5 Å². The summed E-state index contributed by atoms with van der Waals surface area (Å²) in [4.78, 5) is 27.9. The first-order valence-electron chi connectivity index (χ1n) is 10.8. The molecular formula is C27H23ClFNO5. The molecule has 1 saturated heterocycles. The molecule has 1 aliphatic rings. The molecule has 1 amide bonds. The van der Waals surface area contributed by atoms with Crippen molar-refractivity contribution in [2.24, 2.45) is 0 Å². The number of hydrogen-bond donors (Lipinski definition) is 1. The standard InChI is InChI=1S/C27H23ClFNO5/c1-15-5-4-6-17(11-15)24-23(25(31)19-12-22(35-3)20(28)13-21(19)34-2)26(32)27(33)30(24)14-16-7-9-18(29)10-8-16/h4-13,24,31H,14H2,1-3H3/b25-23+. The number of amides is 1. The molecule has 3 aromatic rings. The van der Waals surface area contributed by atoms with Gasteiger partial charge in [0.2, 0.25) is 0 Å². The molecule has 1 aliphatic heterocycles. The predicted molar refractivity (Wildman–Crippen MR) is 130 cm³/mol. The SMILES string of the molecule is COc1cc(/C(O)=C2\C(=O)C(=O)N(Cc3ccc(F)cc3)C2c2cccc(C)c2)c(OC)cc1Cl. The summed E-state index contributed by atoms with van der Waals surface area (Å²) in [6, 6.07) is 15.1. The maximum Gasteiger partial charge on any atom is 0.295 e. The van der Waals surface area contributed by atoms with Crippen LogP contribution in [0.3, 0.4) is 0 Å². The van der Waals surface area contributed by atoms with Crippen LogP contribution >= 0.6 is 11.6 Å². The van der Waals surface area contributed by atoms with Crippen molar-refractivity contribution in [3.8, 4) is 11.5 Å². The number of benzene rings is 3. The number of carbonyl (C=O) groups is 2. The zero-order chi connectivity index (χ0) is 25.3. The Morgan fingerprint density at radius 2 is 1.71 bits per heavy atom. The maximum absolute atomic E-state index is 13.4. The van der Waals surface area contributed by atoms with Crippen LogP contribution in [0, 0.1) is 12.7 Å². The number of aliphatic hydroxyl groups excluding tert-OH is 1. The lowest BCUT2D eigenvalue weighted by atomic mass is 9.94. The molecule has 0 saturated carbocycles. The van der Waals surface area contributed by atoms with Crippen LogP contribution in [-0.4, -0.2) is 35.9 Å². The van der Waals surface area contributed by atoms with Gasteiger partial charge in [-0.1, -0.05) is 53.6 Å². The highest BCUT2D eigenvalue weighted by molar-refractivity contribution is 6.46. The van der Waals surface area contributed by atoms with Gasteiger partial charge in [-0.25, -0.2) is 4.39 Å². The lowest BCUT2D eigenvalue weighted by Gasteiger charge is -2.26. The third-order valence-electron chi connectivity index (χ3n) is 5.89. The van der Waals surface area contributed by atoms with E-state index in [-0.39, 0.29) is 34.2 Å². The summed E-state index contributed by atoms with van der Waals surface area (Å²) in [6.45, 7) is 1.93. The quantitative estimate of drug-likeness (QED) is 0.280. The molecule has 35 heavy (non-hydrogen) atoms. The van der Waals surface area contributed by atoms with Gasteiger partial charge in [0, 0.05) is 12.6 Å². The van der Waals surface area contributed by atoms with Gasteiger partial charge in [-0.15, -0.1) is 0 Å². The lowest BCUT2D eigenvalue weighted by Crippen LogP contribution is -2.29. The largest absolute Gasteiger partial charge is 0.507 e. The van der Waals surface area contributed by atoms with Crippen LogP contribution in [0.2, 0.25) is 5.02 Å². The van der Waals surface area contributed by atoms with Crippen molar-refractivity contribution >= 4 is 29.1 Å². The minimum Gasteiger partial charge on any atom is -0.507 e. The molecule has 6 nitrogen and oxygen atoms in total. The number of likely N-dealkylation sites (tertiary alicyclic amines) is 1. The summed E-state index contributed by atoms with van der Waals surface area (Å²) in [5, 5.41) is 11.7. The van der Waals surface area contributed by atoms with Crippen molar-refractivity contribution in [3.05, 3.63) is 99.3 Å². The van der Waals surface area contributed by atoms with Crippen molar-refractivity contribution < 1.29 is 28.6 Å². The summed E-state index contributed by atoms with van der Waals surface area (Å²) in [6.07, 6.45) is 0. The van der Waals surface area contributed by atoms with E-state index in [0.29, 0.717) is 11.1 Å². The molecular weight excluding hydrogens is 473 g/mol. The van der Waals surface area contributed by atoms with Gasteiger partial charge in [-0.05, 0) is 36.2 Å². The Hall–Kier alpha value is -3.84. The number of aryl methyl sites for hydroxylation is 1. The van der Waals surface area contributed by atoms with Gasteiger partial charge in [0.25, 0.3) is 11.7 Å². The number of halogens is 2. The van der Waals surface area contributed by atoms with Gasteiger partial charge in [-0.2, -0.15) is 0 Å². The third kappa shape index (κ3) is 4.59. The summed E-state index contributed by atoms with van der Waals surface area (Å²) in [5.41, 5.74) is 2.27. The number of ether oxygens (including phenoxy) is 2. The van der Waals surface area contributed by atoms with E-state index >= 15 is 0 Å². The first-order chi connectivity index (χ1) is 16.7. The smallest absolute Gasteiger partial charge is 0.295 e. The van der Waals surface area contributed by atoms with Crippen LogP contribution in [-0.2, 0) is 16.1 Å². The topological polar surface area (TPSA) is 76.1 Å². The van der Waals surface area contributed by atoms with E-state index in [9.17, 15) is 19.1 Å². The number of rotatable bonds is 6. The van der Waals surface area contributed by atoms with Gasteiger partial charge in [0.1, 0.15) is 23.1 Å². The highest BCUT2D eigenvalue weighted by Crippen LogP contribution is 2.43. The number of Topliss-reactive ketones (excluding diaryl/α,β-unsaturated/α-hetero) is 1. The molecule has 0 aliphatic carbocycles. The van der Waals surface area contributed by atoms with Gasteiger partial charge in [0.05, 0.1) is 36.4 Å². The van der Waals surface area contributed by atoms with Crippen molar-refractivity contribution in [3.63, 3.8) is 0 Å².